The third kappa shape index (κ3) is 3.23. The SMILES string of the molecule is CN(C(=O)C1CCC1)C1CCN(c2ccc(Br)cn2)CC1. The van der Waals surface area contributed by atoms with Gasteiger partial charge in [0, 0.05) is 42.8 Å². The Morgan fingerprint density at radius 3 is 2.52 bits per heavy atom. The number of pyridine rings is 1. The second-order valence-electron chi connectivity index (χ2n) is 6.13. The van der Waals surface area contributed by atoms with Crippen molar-refractivity contribution >= 4 is 27.7 Å². The van der Waals surface area contributed by atoms with Crippen LogP contribution in [0.25, 0.3) is 0 Å². The number of hydrogen-bond acceptors (Lipinski definition) is 3. The number of anilines is 1. The fraction of sp³-hybridized carbons (Fsp3) is 0.625. The van der Waals surface area contributed by atoms with Gasteiger partial charge in [-0.2, -0.15) is 0 Å². The van der Waals surface area contributed by atoms with E-state index in [2.05, 4.69) is 25.8 Å². The third-order valence-electron chi connectivity index (χ3n) is 4.85. The first kappa shape index (κ1) is 14.8. The van der Waals surface area contributed by atoms with Gasteiger partial charge < -0.3 is 9.80 Å². The van der Waals surface area contributed by atoms with Crippen LogP contribution in [-0.2, 0) is 4.79 Å². The predicted molar refractivity (Wildman–Crippen MR) is 87.3 cm³/mol. The number of carbonyl (C=O) groups excluding carboxylic acids is 1. The summed E-state index contributed by atoms with van der Waals surface area (Å²) in [5, 5.41) is 0. The second kappa shape index (κ2) is 6.34. The highest BCUT2D eigenvalue weighted by Gasteiger charge is 2.32. The molecule has 21 heavy (non-hydrogen) atoms. The zero-order valence-corrected chi connectivity index (χ0v) is 14.1. The van der Waals surface area contributed by atoms with Crippen LogP contribution in [-0.4, -0.2) is 42.0 Å². The molecule has 2 heterocycles. The molecule has 1 aliphatic carbocycles. The molecule has 114 valence electrons. The zero-order valence-electron chi connectivity index (χ0n) is 12.5. The molecule has 1 aromatic heterocycles. The maximum absolute atomic E-state index is 12.3. The summed E-state index contributed by atoms with van der Waals surface area (Å²) in [6.07, 6.45) is 7.31. The lowest BCUT2D eigenvalue weighted by Crippen LogP contribution is -2.48. The largest absolute Gasteiger partial charge is 0.356 e. The van der Waals surface area contributed by atoms with Gasteiger partial charge in [0.1, 0.15) is 5.82 Å². The molecule has 0 spiro atoms. The molecular formula is C16H22BrN3O. The molecule has 0 atom stereocenters. The molecule has 1 saturated carbocycles. The summed E-state index contributed by atoms with van der Waals surface area (Å²) < 4.78 is 1.01. The Kier molecular flexibility index (Phi) is 4.48. The molecule has 0 unspecified atom stereocenters. The minimum Gasteiger partial charge on any atom is -0.356 e. The van der Waals surface area contributed by atoms with Crippen molar-refractivity contribution in [3.05, 3.63) is 22.8 Å². The van der Waals surface area contributed by atoms with Crippen LogP contribution in [0.1, 0.15) is 32.1 Å². The minimum atomic E-state index is 0.307. The molecule has 0 radical (unpaired) electrons. The van der Waals surface area contributed by atoms with Crippen LogP contribution < -0.4 is 4.90 Å². The van der Waals surface area contributed by atoms with Crippen LogP contribution in [0.3, 0.4) is 0 Å². The van der Waals surface area contributed by atoms with E-state index in [1.807, 2.05) is 30.3 Å². The number of carbonyl (C=O) groups is 1. The first-order valence-electron chi connectivity index (χ1n) is 7.78. The maximum atomic E-state index is 12.3. The minimum absolute atomic E-state index is 0.307. The summed E-state index contributed by atoms with van der Waals surface area (Å²) in [5.41, 5.74) is 0. The Hall–Kier alpha value is -1.10. The molecule has 1 amide bonds. The average molecular weight is 352 g/mol. The van der Waals surface area contributed by atoms with Gasteiger partial charge in [0.05, 0.1) is 0 Å². The van der Waals surface area contributed by atoms with E-state index in [1.54, 1.807) is 0 Å². The summed E-state index contributed by atoms with van der Waals surface area (Å²) in [6, 6.07) is 4.47. The van der Waals surface area contributed by atoms with Gasteiger partial charge in [-0.25, -0.2) is 4.98 Å². The molecule has 5 heteroatoms. The molecule has 1 saturated heterocycles. The molecule has 0 aromatic carbocycles. The van der Waals surface area contributed by atoms with Crippen LogP contribution in [0, 0.1) is 5.92 Å². The van der Waals surface area contributed by atoms with E-state index in [1.165, 1.54) is 6.42 Å². The number of nitrogens with zero attached hydrogens (tertiary/aromatic N) is 3. The van der Waals surface area contributed by atoms with E-state index in [0.29, 0.717) is 17.9 Å². The molecular weight excluding hydrogens is 330 g/mol. The Balaban J connectivity index is 1.54. The molecule has 3 rings (SSSR count). The number of halogens is 1. The van der Waals surface area contributed by atoms with Crippen LogP contribution in [0.5, 0.6) is 0 Å². The van der Waals surface area contributed by atoms with Crippen molar-refractivity contribution in [3.8, 4) is 0 Å². The topological polar surface area (TPSA) is 36.4 Å². The van der Waals surface area contributed by atoms with E-state index in [4.69, 9.17) is 0 Å². The smallest absolute Gasteiger partial charge is 0.225 e. The molecule has 0 N–H and O–H groups in total. The monoisotopic (exact) mass is 351 g/mol. The Morgan fingerprint density at radius 1 is 1.29 bits per heavy atom. The lowest BCUT2D eigenvalue weighted by molar-refractivity contribution is -0.139. The lowest BCUT2D eigenvalue weighted by atomic mass is 9.84. The number of amides is 1. The fourth-order valence-corrected chi connectivity index (χ4v) is 3.39. The summed E-state index contributed by atoms with van der Waals surface area (Å²) in [6.45, 7) is 1.95. The molecule has 4 nitrogen and oxygen atoms in total. The first-order chi connectivity index (χ1) is 10.1. The fourth-order valence-electron chi connectivity index (χ4n) is 3.16. The summed E-state index contributed by atoms with van der Waals surface area (Å²) in [7, 11) is 1.98. The third-order valence-corrected chi connectivity index (χ3v) is 5.32. The van der Waals surface area contributed by atoms with E-state index in [0.717, 1.165) is 49.1 Å². The Morgan fingerprint density at radius 2 is 2.00 bits per heavy atom. The highest BCUT2D eigenvalue weighted by Crippen LogP contribution is 2.30. The maximum Gasteiger partial charge on any atom is 0.225 e. The van der Waals surface area contributed by atoms with Gasteiger partial charge in [-0.05, 0) is 53.7 Å². The summed E-state index contributed by atoms with van der Waals surface area (Å²) in [4.78, 5) is 21.1. The van der Waals surface area contributed by atoms with Gasteiger partial charge in [-0.1, -0.05) is 6.42 Å². The van der Waals surface area contributed by atoms with Crippen molar-refractivity contribution in [1.29, 1.82) is 0 Å². The van der Waals surface area contributed by atoms with Gasteiger partial charge in [-0.15, -0.1) is 0 Å². The number of aromatic nitrogens is 1. The van der Waals surface area contributed by atoms with Crippen LogP contribution in [0.2, 0.25) is 0 Å². The highest BCUT2D eigenvalue weighted by molar-refractivity contribution is 9.10. The van der Waals surface area contributed by atoms with Crippen LogP contribution >= 0.6 is 15.9 Å². The van der Waals surface area contributed by atoms with Crippen molar-refractivity contribution in [3.63, 3.8) is 0 Å². The van der Waals surface area contributed by atoms with E-state index in [-0.39, 0.29) is 0 Å². The lowest BCUT2D eigenvalue weighted by Gasteiger charge is -2.39. The van der Waals surface area contributed by atoms with Gasteiger partial charge in [-0.3, -0.25) is 4.79 Å². The van der Waals surface area contributed by atoms with Gasteiger partial charge >= 0.3 is 0 Å². The number of hydrogen-bond donors (Lipinski definition) is 0. The van der Waals surface area contributed by atoms with Gasteiger partial charge in [0.2, 0.25) is 5.91 Å². The van der Waals surface area contributed by atoms with E-state index >= 15 is 0 Å². The molecule has 2 fully saturated rings. The first-order valence-corrected chi connectivity index (χ1v) is 8.57. The summed E-state index contributed by atoms with van der Waals surface area (Å²) in [5.74, 6) is 1.70. The number of rotatable bonds is 3. The standard InChI is InChI=1S/C16H22BrN3O/c1-19(16(21)12-3-2-4-12)14-7-9-20(10-8-14)15-6-5-13(17)11-18-15/h5-6,11-12,14H,2-4,7-10H2,1H3. The quantitative estimate of drug-likeness (QED) is 0.839. The molecule has 0 bridgehead atoms. The number of piperidine rings is 1. The van der Waals surface area contributed by atoms with Crippen molar-refractivity contribution in [2.24, 2.45) is 5.92 Å². The molecule has 2 aliphatic rings. The van der Waals surface area contributed by atoms with E-state index < -0.39 is 0 Å². The van der Waals surface area contributed by atoms with Crippen molar-refractivity contribution < 1.29 is 4.79 Å². The second-order valence-corrected chi connectivity index (χ2v) is 7.05. The van der Waals surface area contributed by atoms with E-state index in [9.17, 15) is 4.79 Å². The molecule has 1 aliphatic heterocycles. The highest BCUT2D eigenvalue weighted by atomic mass is 79.9. The van der Waals surface area contributed by atoms with Gasteiger partial charge in [0.25, 0.3) is 0 Å². The Bertz CT molecular complexity index is 493. The van der Waals surface area contributed by atoms with Crippen LogP contribution in [0.4, 0.5) is 5.82 Å². The van der Waals surface area contributed by atoms with Crippen LogP contribution in [0.15, 0.2) is 22.8 Å². The molecule has 1 aromatic rings. The normalized spacial score (nSPS) is 20.2. The van der Waals surface area contributed by atoms with Crippen molar-refractivity contribution in [1.82, 2.24) is 9.88 Å². The van der Waals surface area contributed by atoms with Crippen molar-refractivity contribution in [2.45, 2.75) is 38.1 Å². The Labute approximate surface area is 134 Å². The predicted octanol–water partition coefficient (Wildman–Crippen LogP) is 3.07. The van der Waals surface area contributed by atoms with Crippen molar-refractivity contribution in [2.75, 3.05) is 25.0 Å². The average Bonchev–Trinajstić information content (AvgIpc) is 2.46. The van der Waals surface area contributed by atoms with Gasteiger partial charge in [0.15, 0.2) is 0 Å². The summed E-state index contributed by atoms with van der Waals surface area (Å²) >= 11 is 3.41. The zero-order chi connectivity index (χ0) is 14.8.